The smallest absolute Gasteiger partial charge is 0.0897 e. The average molecular weight is 265 g/mol. The Hall–Kier alpha value is -0.820. The van der Waals surface area contributed by atoms with Crippen molar-refractivity contribution in [2.24, 2.45) is 11.8 Å². The van der Waals surface area contributed by atoms with Crippen LogP contribution >= 0.6 is 0 Å². The molecule has 19 heavy (non-hydrogen) atoms. The highest BCUT2D eigenvalue weighted by Crippen LogP contribution is 2.24. The SMILES string of the molecule is C#CCC(C)NCC(O)COCC1CC=CCC1C. The Morgan fingerprint density at radius 2 is 2.21 bits per heavy atom. The van der Waals surface area contributed by atoms with E-state index in [4.69, 9.17) is 11.2 Å². The van der Waals surface area contributed by atoms with Crippen molar-refractivity contribution in [3.05, 3.63) is 12.2 Å². The van der Waals surface area contributed by atoms with Crippen LogP contribution in [0.25, 0.3) is 0 Å². The van der Waals surface area contributed by atoms with Gasteiger partial charge in [0.05, 0.1) is 19.3 Å². The van der Waals surface area contributed by atoms with Gasteiger partial charge in [-0.3, -0.25) is 0 Å². The Bertz CT molecular complexity index is 308. The third-order valence-corrected chi connectivity index (χ3v) is 3.69. The van der Waals surface area contributed by atoms with E-state index in [1.165, 1.54) is 0 Å². The lowest BCUT2D eigenvalue weighted by Crippen LogP contribution is -2.36. The van der Waals surface area contributed by atoms with Gasteiger partial charge in [0.25, 0.3) is 0 Å². The Morgan fingerprint density at radius 1 is 1.47 bits per heavy atom. The van der Waals surface area contributed by atoms with Crippen LogP contribution in [-0.4, -0.2) is 37.0 Å². The number of hydrogen-bond acceptors (Lipinski definition) is 3. The maximum atomic E-state index is 9.81. The third-order valence-electron chi connectivity index (χ3n) is 3.69. The van der Waals surface area contributed by atoms with Gasteiger partial charge in [-0.05, 0) is 31.6 Å². The minimum Gasteiger partial charge on any atom is -0.389 e. The molecule has 108 valence electrons. The fourth-order valence-electron chi connectivity index (χ4n) is 2.24. The summed E-state index contributed by atoms with van der Waals surface area (Å²) < 4.78 is 5.63. The van der Waals surface area contributed by atoms with E-state index in [0.29, 0.717) is 31.4 Å². The van der Waals surface area contributed by atoms with Gasteiger partial charge in [-0.2, -0.15) is 0 Å². The molecule has 0 amide bonds. The van der Waals surface area contributed by atoms with Gasteiger partial charge in [0, 0.05) is 19.0 Å². The summed E-state index contributed by atoms with van der Waals surface area (Å²) in [5.74, 6) is 3.87. The van der Waals surface area contributed by atoms with E-state index in [1.807, 2.05) is 6.92 Å². The quantitative estimate of drug-likeness (QED) is 0.521. The molecular weight excluding hydrogens is 238 g/mol. The van der Waals surface area contributed by atoms with Crippen LogP contribution < -0.4 is 5.32 Å². The van der Waals surface area contributed by atoms with Crippen molar-refractivity contribution >= 4 is 0 Å². The second-order valence-electron chi connectivity index (χ2n) is 5.59. The van der Waals surface area contributed by atoms with Crippen LogP contribution in [0.2, 0.25) is 0 Å². The maximum absolute atomic E-state index is 9.81. The van der Waals surface area contributed by atoms with E-state index in [9.17, 15) is 5.11 Å². The normalized spacial score (nSPS) is 25.8. The largest absolute Gasteiger partial charge is 0.389 e. The zero-order valence-corrected chi connectivity index (χ0v) is 12.1. The first-order chi connectivity index (χ1) is 9.13. The highest BCUT2D eigenvalue weighted by atomic mass is 16.5. The first-order valence-electron chi connectivity index (χ1n) is 7.21. The number of terminal acetylenes is 1. The first-order valence-corrected chi connectivity index (χ1v) is 7.21. The molecule has 3 heteroatoms. The molecule has 1 rings (SSSR count). The number of nitrogens with one attached hydrogen (secondary N) is 1. The van der Waals surface area contributed by atoms with Crippen LogP contribution in [0.1, 0.15) is 33.1 Å². The lowest BCUT2D eigenvalue weighted by atomic mass is 9.85. The fourth-order valence-corrected chi connectivity index (χ4v) is 2.24. The number of rotatable bonds is 8. The monoisotopic (exact) mass is 265 g/mol. The number of aliphatic hydroxyl groups excluding tert-OH is 1. The average Bonchev–Trinajstić information content (AvgIpc) is 2.39. The van der Waals surface area contributed by atoms with Gasteiger partial charge in [-0.25, -0.2) is 0 Å². The molecule has 3 nitrogen and oxygen atoms in total. The number of allylic oxidation sites excluding steroid dienone is 2. The summed E-state index contributed by atoms with van der Waals surface area (Å²) in [5, 5.41) is 13.0. The highest BCUT2D eigenvalue weighted by molar-refractivity contribution is 4.93. The van der Waals surface area contributed by atoms with E-state index in [1.54, 1.807) is 0 Å². The Balaban J connectivity index is 2.08. The molecule has 0 heterocycles. The van der Waals surface area contributed by atoms with Crippen molar-refractivity contribution < 1.29 is 9.84 Å². The molecular formula is C16H27NO2. The molecule has 4 atom stereocenters. The zero-order valence-electron chi connectivity index (χ0n) is 12.1. The number of aliphatic hydroxyl groups is 1. The van der Waals surface area contributed by atoms with Crippen LogP contribution in [0.3, 0.4) is 0 Å². The van der Waals surface area contributed by atoms with Crippen LogP contribution in [-0.2, 0) is 4.74 Å². The summed E-state index contributed by atoms with van der Waals surface area (Å²) in [7, 11) is 0. The van der Waals surface area contributed by atoms with Crippen molar-refractivity contribution in [3.8, 4) is 12.3 Å². The van der Waals surface area contributed by atoms with Crippen molar-refractivity contribution in [1.82, 2.24) is 5.32 Å². The van der Waals surface area contributed by atoms with Crippen molar-refractivity contribution in [2.45, 2.75) is 45.3 Å². The predicted molar refractivity (Wildman–Crippen MR) is 78.8 cm³/mol. The maximum Gasteiger partial charge on any atom is 0.0897 e. The topological polar surface area (TPSA) is 41.5 Å². The lowest BCUT2D eigenvalue weighted by molar-refractivity contribution is 0.0121. The molecule has 0 aromatic rings. The van der Waals surface area contributed by atoms with Gasteiger partial charge >= 0.3 is 0 Å². The van der Waals surface area contributed by atoms with Crippen LogP contribution in [0.15, 0.2) is 12.2 Å². The van der Waals surface area contributed by atoms with Gasteiger partial charge in [-0.1, -0.05) is 19.1 Å². The Kier molecular flexibility index (Phi) is 7.81. The fraction of sp³-hybridized carbons (Fsp3) is 0.750. The summed E-state index contributed by atoms with van der Waals surface area (Å²) in [4.78, 5) is 0. The van der Waals surface area contributed by atoms with Crippen LogP contribution in [0, 0.1) is 24.2 Å². The molecule has 4 unspecified atom stereocenters. The summed E-state index contributed by atoms with van der Waals surface area (Å²) >= 11 is 0. The minimum absolute atomic E-state index is 0.239. The molecule has 2 N–H and O–H groups in total. The van der Waals surface area contributed by atoms with E-state index in [2.05, 4.69) is 30.3 Å². The van der Waals surface area contributed by atoms with Gasteiger partial charge < -0.3 is 15.2 Å². The summed E-state index contributed by atoms with van der Waals surface area (Å²) in [6.07, 6.45) is 12.2. The van der Waals surface area contributed by atoms with Gasteiger partial charge in [0.2, 0.25) is 0 Å². The third kappa shape index (κ3) is 6.77. The molecule has 0 aliphatic heterocycles. The minimum atomic E-state index is -0.463. The van der Waals surface area contributed by atoms with E-state index in [0.717, 1.165) is 19.4 Å². The number of ether oxygens (including phenoxy) is 1. The molecule has 0 spiro atoms. The predicted octanol–water partition coefficient (Wildman–Crippen LogP) is 1.97. The van der Waals surface area contributed by atoms with Gasteiger partial charge in [0.1, 0.15) is 0 Å². The van der Waals surface area contributed by atoms with E-state index < -0.39 is 6.10 Å². The molecule has 0 aromatic carbocycles. The van der Waals surface area contributed by atoms with Crippen molar-refractivity contribution in [2.75, 3.05) is 19.8 Å². The first kappa shape index (κ1) is 16.2. The highest BCUT2D eigenvalue weighted by Gasteiger charge is 2.18. The summed E-state index contributed by atoms with van der Waals surface area (Å²) in [6.45, 7) is 5.94. The Morgan fingerprint density at radius 3 is 2.89 bits per heavy atom. The summed E-state index contributed by atoms with van der Waals surface area (Å²) in [6, 6.07) is 0.239. The zero-order chi connectivity index (χ0) is 14.1. The van der Waals surface area contributed by atoms with E-state index in [-0.39, 0.29) is 6.04 Å². The lowest BCUT2D eigenvalue weighted by Gasteiger charge is -2.25. The molecule has 1 aliphatic rings. The van der Waals surface area contributed by atoms with Crippen molar-refractivity contribution in [1.29, 1.82) is 0 Å². The van der Waals surface area contributed by atoms with E-state index >= 15 is 0 Å². The number of hydrogen-bond donors (Lipinski definition) is 2. The molecule has 0 radical (unpaired) electrons. The molecule has 0 fully saturated rings. The van der Waals surface area contributed by atoms with Crippen molar-refractivity contribution in [3.63, 3.8) is 0 Å². The second-order valence-corrected chi connectivity index (χ2v) is 5.59. The van der Waals surface area contributed by atoms with Gasteiger partial charge in [0.15, 0.2) is 0 Å². The van der Waals surface area contributed by atoms with Crippen LogP contribution in [0.5, 0.6) is 0 Å². The molecule has 0 saturated heterocycles. The standard InChI is InChI=1S/C16H27NO2/c1-4-7-14(3)17-10-16(18)12-19-11-15-9-6-5-8-13(15)2/h1,5-6,13-18H,7-12H2,2-3H3. The molecule has 1 aliphatic carbocycles. The Labute approximate surface area is 117 Å². The van der Waals surface area contributed by atoms with Gasteiger partial charge in [-0.15, -0.1) is 12.3 Å². The molecule has 0 bridgehead atoms. The summed E-state index contributed by atoms with van der Waals surface area (Å²) in [5.41, 5.74) is 0. The van der Waals surface area contributed by atoms with Crippen LogP contribution in [0.4, 0.5) is 0 Å². The second kappa shape index (κ2) is 9.14. The molecule has 0 aromatic heterocycles. The molecule has 0 saturated carbocycles.